The van der Waals surface area contributed by atoms with E-state index in [1.165, 1.54) is 6.42 Å². The van der Waals surface area contributed by atoms with Gasteiger partial charge in [0, 0.05) is 16.1 Å². The molecule has 0 bridgehead atoms. The molecule has 0 saturated heterocycles. The molecule has 3 nitrogen and oxygen atoms in total. The Kier molecular flexibility index (Phi) is 4.63. The minimum absolute atomic E-state index is 0.0710. The number of hydrogen-bond donors (Lipinski definition) is 0. The van der Waals surface area contributed by atoms with Crippen LogP contribution < -0.4 is 0 Å². The van der Waals surface area contributed by atoms with Crippen molar-refractivity contribution in [2.45, 2.75) is 37.8 Å². The van der Waals surface area contributed by atoms with Gasteiger partial charge in [0.15, 0.2) is 0 Å². The second kappa shape index (κ2) is 6.93. The minimum atomic E-state index is -0.556. The van der Waals surface area contributed by atoms with Crippen LogP contribution in [-0.4, -0.2) is 27.2 Å². The number of hydrogen-bond acceptors (Lipinski definition) is 3. The average molecular weight is 383 g/mol. The number of rotatable bonds is 2. The minimum Gasteiger partial charge on any atom is -0.271 e. The Bertz CT molecular complexity index is 888. The van der Waals surface area contributed by atoms with Gasteiger partial charge in [-0.25, -0.2) is 0 Å². The van der Waals surface area contributed by atoms with E-state index in [2.05, 4.69) is 0 Å². The Balaban J connectivity index is 1.78. The number of aliphatic imine (C=N–C) groups is 1. The van der Waals surface area contributed by atoms with Crippen molar-refractivity contribution in [1.82, 2.24) is 4.90 Å². The van der Waals surface area contributed by atoms with Gasteiger partial charge in [0.25, 0.3) is 5.91 Å². The first kappa shape index (κ1) is 17.4. The lowest BCUT2D eigenvalue weighted by Gasteiger charge is -2.38. The molecule has 0 radical (unpaired) electrons. The Morgan fingerprint density at radius 3 is 2.46 bits per heavy atom. The lowest BCUT2D eigenvalue weighted by molar-refractivity contribution is 0.0648. The highest BCUT2D eigenvalue weighted by Crippen LogP contribution is 2.41. The maximum atomic E-state index is 13.3. The summed E-state index contributed by atoms with van der Waals surface area (Å²) in [6.45, 7) is 0. The number of thiocarbonyl (C=S) groups is 1. The Labute approximate surface area is 163 Å². The number of benzene rings is 2. The summed E-state index contributed by atoms with van der Waals surface area (Å²) in [5.41, 5.74) is 1.66. The van der Waals surface area contributed by atoms with Crippen molar-refractivity contribution in [2.24, 2.45) is 4.99 Å². The van der Waals surface area contributed by atoms with E-state index in [1.54, 1.807) is 4.90 Å². The molecule has 0 aromatic heterocycles. The Morgan fingerprint density at radius 2 is 1.77 bits per heavy atom. The third-order valence-corrected chi connectivity index (χ3v) is 5.73. The SMILES string of the molecule is O=C(c1ccccc1)N1C(=S)C(c2cccc(Cl)c2)=NC12CCCCC2. The van der Waals surface area contributed by atoms with Crippen LogP contribution in [-0.2, 0) is 0 Å². The number of carbonyl (C=O) groups excluding carboxylic acids is 1. The van der Waals surface area contributed by atoms with Crippen LogP contribution in [0.1, 0.15) is 48.0 Å². The van der Waals surface area contributed by atoms with Crippen LogP contribution in [0.5, 0.6) is 0 Å². The van der Waals surface area contributed by atoms with Gasteiger partial charge in [-0.2, -0.15) is 0 Å². The summed E-state index contributed by atoms with van der Waals surface area (Å²) < 4.78 is 0. The molecule has 1 spiro atoms. The maximum absolute atomic E-state index is 13.3. The summed E-state index contributed by atoms with van der Waals surface area (Å²) in [4.78, 5) is 20.6. The maximum Gasteiger partial charge on any atom is 0.260 e. The molecular formula is C21H19ClN2OS. The number of carbonyl (C=O) groups is 1. The highest BCUT2D eigenvalue weighted by atomic mass is 35.5. The first-order chi connectivity index (χ1) is 12.6. The van der Waals surface area contributed by atoms with Crippen LogP contribution in [0, 0.1) is 0 Å². The molecule has 5 heteroatoms. The van der Waals surface area contributed by atoms with Crippen molar-refractivity contribution >= 4 is 40.4 Å². The largest absolute Gasteiger partial charge is 0.271 e. The zero-order chi connectivity index (χ0) is 18.1. The molecule has 26 heavy (non-hydrogen) atoms. The van der Waals surface area contributed by atoms with Crippen LogP contribution >= 0.6 is 23.8 Å². The fraction of sp³-hybridized carbons (Fsp3) is 0.286. The predicted octanol–water partition coefficient (Wildman–Crippen LogP) is 5.27. The van der Waals surface area contributed by atoms with Gasteiger partial charge in [-0.3, -0.25) is 14.7 Å². The van der Waals surface area contributed by atoms with Crippen LogP contribution in [0.2, 0.25) is 5.02 Å². The van der Waals surface area contributed by atoms with E-state index in [0.717, 1.165) is 31.2 Å². The van der Waals surface area contributed by atoms with Crippen molar-refractivity contribution in [3.8, 4) is 0 Å². The van der Waals surface area contributed by atoms with Gasteiger partial charge in [0.1, 0.15) is 16.4 Å². The van der Waals surface area contributed by atoms with E-state index in [0.29, 0.717) is 21.3 Å². The predicted molar refractivity (Wildman–Crippen MR) is 109 cm³/mol. The van der Waals surface area contributed by atoms with Gasteiger partial charge in [-0.15, -0.1) is 0 Å². The Hall–Kier alpha value is -2.04. The van der Waals surface area contributed by atoms with E-state index in [9.17, 15) is 4.79 Å². The summed E-state index contributed by atoms with van der Waals surface area (Å²) in [5.74, 6) is -0.0710. The fourth-order valence-electron chi connectivity index (χ4n) is 3.87. The molecule has 1 amide bonds. The van der Waals surface area contributed by atoms with E-state index < -0.39 is 5.66 Å². The summed E-state index contributed by atoms with van der Waals surface area (Å²) in [5, 5.41) is 0.638. The monoisotopic (exact) mass is 382 g/mol. The zero-order valence-corrected chi connectivity index (χ0v) is 15.9. The van der Waals surface area contributed by atoms with Crippen molar-refractivity contribution < 1.29 is 4.79 Å². The number of amides is 1. The molecule has 0 atom stereocenters. The summed E-state index contributed by atoms with van der Waals surface area (Å²) >= 11 is 11.9. The highest BCUT2D eigenvalue weighted by molar-refractivity contribution is 7.82. The van der Waals surface area contributed by atoms with Crippen molar-refractivity contribution in [1.29, 1.82) is 0 Å². The first-order valence-corrected chi connectivity index (χ1v) is 9.69. The highest BCUT2D eigenvalue weighted by Gasteiger charge is 2.48. The quantitative estimate of drug-likeness (QED) is 0.662. The van der Waals surface area contributed by atoms with Crippen LogP contribution in [0.4, 0.5) is 0 Å². The fourth-order valence-corrected chi connectivity index (χ4v) is 4.48. The average Bonchev–Trinajstić information content (AvgIpc) is 2.94. The lowest BCUT2D eigenvalue weighted by Crippen LogP contribution is -2.50. The van der Waals surface area contributed by atoms with Crippen molar-refractivity contribution in [3.05, 3.63) is 70.7 Å². The van der Waals surface area contributed by atoms with Crippen molar-refractivity contribution in [2.75, 3.05) is 0 Å². The molecule has 2 aliphatic rings. The van der Waals surface area contributed by atoms with E-state index in [4.69, 9.17) is 28.8 Å². The first-order valence-electron chi connectivity index (χ1n) is 8.90. The lowest BCUT2D eigenvalue weighted by atomic mass is 9.88. The molecule has 132 valence electrons. The van der Waals surface area contributed by atoms with Crippen LogP contribution in [0.25, 0.3) is 0 Å². The van der Waals surface area contributed by atoms with E-state index >= 15 is 0 Å². The molecular weight excluding hydrogens is 364 g/mol. The van der Waals surface area contributed by atoms with Gasteiger partial charge >= 0.3 is 0 Å². The molecule has 0 unspecified atom stereocenters. The van der Waals surface area contributed by atoms with E-state index in [1.807, 2.05) is 54.6 Å². The number of halogens is 1. The summed E-state index contributed by atoms with van der Waals surface area (Å²) in [6, 6.07) is 16.8. The standard InChI is InChI=1S/C21H19ClN2OS/c22-17-11-7-10-16(14-17)18-20(26)24(19(25)15-8-3-1-4-9-15)21(23-18)12-5-2-6-13-21/h1,3-4,7-11,14H,2,5-6,12-13H2. The van der Waals surface area contributed by atoms with E-state index in [-0.39, 0.29) is 5.91 Å². The van der Waals surface area contributed by atoms with Gasteiger partial charge in [-0.1, -0.05) is 60.6 Å². The van der Waals surface area contributed by atoms with Gasteiger partial charge in [-0.05, 0) is 49.9 Å². The second-order valence-corrected chi connectivity index (χ2v) is 7.65. The summed E-state index contributed by atoms with van der Waals surface area (Å²) in [7, 11) is 0. The zero-order valence-electron chi connectivity index (χ0n) is 14.3. The molecule has 1 heterocycles. The second-order valence-electron chi connectivity index (χ2n) is 6.83. The van der Waals surface area contributed by atoms with Gasteiger partial charge < -0.3 is 0 Å². The van der Waals surface area contributed by atoms with Crippen LogP contribution in [0.15, 0.2) is 59.6 Å². The molecule has 2 aromatic rings. The normalized spacial score (nSPS) is 18.9. The third-order valence-electron chi connectivity index (χ3n) is 5.12. The molecule has 2 aromatic carbocycles. The topological polar surface area (TPSA) is 32.7 Å². The summed E-state index contributed by atoms with van der Waals surface area (Å²) in [6.07, 6.45) is 4.95. The molecule has 1 saturated carbocycles. The molecule has 1 fully saturated rings. The molecule has 0 N–H and O–H groups in total. The van der Waals surface area contributed by atoms with Gasteiger partial charge in [0.05, 0.1) is 0 Å². The number of nitrogens with zero attached hydrogens (tertiary/aromatic N) is 2. The molecule has 4 rings (SSSR count). The van der Waals surface area contributed by atoms with Gasteiger partial charge in [0.2, 0.25) is 0 Å². The van der Waals surface area contributed by atoms with Crippen molar-refractivity contribution in [3.63, 3.8) is 0 Å². The smallest absolute Gasteiger partial charge is 0.260 e. The van der Waals surface area contributed by atoms with Crippen LogP contribution in [0.3, 0.4) is 0 Å². The molecule has 1 aliphatic carbocycles. The Morgan fingerprint density at radius 1 is 1.04 bits per heavy atom. The molecule has 1 aliphatic heterocycles. The third kappa shape index (κ3) is 2.97.